The first-order chi connectivity index (χ1) is 11.5. The SMILES string of the molecule is CC(C)CCOc1coc(COC(=O)c2cccc(Br)c2)cc1=O. The number of ether oxygens (including phenoxy) is 2. The molecule has 24 heavy (non-hydrogen) atoms. The molecule has 0 aliphatic rings. The number of esters is 1. The summed E-state index contributed by atoms with van der Waals surface area (Å²) in [6.45, 7) is 4.50. The number of rotatable bonds is 7. The summed E-state index contributed by atoms with van der Waals surface area (Å²) in [7, 11) is 0. The molecule has 2 rings (SSSR count). The summed E-state index contributed by atoms with van der Waals surface area (Å²) in [6.07, 6.45) is 2.11. The zero-order chi connectivity index (χ0) is 17.5. The van der Waals surface area contributed by atoms with Gasteiger partial charge in [0.05, 0.1) is 12.2 Å². The molecule has 5 nitrogen and oxygen atoms in total. The van der Waals surface area contributed by atoms with Crippen molar-refractivity contribution < 1.29 is 18.7 Å². The molecular weight excluding hydrogens is 376 g/mol. The topological polar surface area (TPSA) is 65.7 Å². The van der Waals surface area contributed by atoms with Crippen molar-refractivity contribution >= 4 is 21.9 Å². The van der Waals surface area contributed by atoms with Gasteiger partial charge in [-0.2, -0.15) is 0 Å². The molecule has 0 spiro atoms. The molecule has 0 saturated heterocycles. The molecule has 1 aromatic carbocycles. The highest BCUT2D eigenvalue weighted by Crippen LogP contribution is 2.14. The fourth-order valence-corrected chi connectivity index (χ4v) is 2.26. The Labute approximate surface area is 148 Å². The predicted octanol–water partition coefficient (Wildman–Crippen LogP) is 4.18. The molecule has 0 N–H and O–H groups in total. The lowest BCUT2D eigenvalue weighted by Crippen LogP contribution is -2.11. The fourth-order valence-electron chi connectivity index (χ4n) is 1.86. The van der Waals surface area contributed by atoms with Crippen LogP contribution in [0.1, 0.15) is 36.4 Å². The van der Waals surface area contributed by atoms with E-state index in [1.54, 1.807) is 18.2 Å². The van der Waals surface area contributed by atoms with Crippen molar-refractivity contribution in [1.82, 2.24) is 0 Å². The van der Waals surface area contributed by atoms with E-state index in [2.05, 4.69) is 29.8 Å². The number of hydrogen-bond donors (Lipinski definition) is 0. The van der Waals surface area contributed by atoms with Crippen LogP contribution in [0.4, 0.5) is 0 Å². The van der Waals surface area contributed by atoms with E-state index < -0.39 is 5.97 Å². The molecule has 0 aliphatic heterocycles. The van der Waals surface area contributed by atoms with Crippen LogP contribution in [0.15, 0.2) is 50.3 Å². The summed E-state index contributed by atoms with van der Waals surface area (Å²) in [6, 6.07) is 8.13. The second kappa shape index (κ2) is 8.68. The number of halogens is 1. The zero-order valence-corrected chi connectivity index (χ0v) is 15.2. The van der Waals surface area contributed by atoms with Crippen LogP contribution >= 0.6 is 15.9 Å². The van der Waals surface area contributed by atoms with Crippen molar-refractivity contribution in [3.8, 4) is 5.75 Å². The van der Waals surface area contributed by atoms with E-state index in [0.717, 1.165) is 10.9 Å². The van der Waals surface area contributed by atoms with Crippen molar-refractivity contribution in [2.24, 2.45) is 5.92 Å². The number of hydrogen-bond acceptors (Lipinski definition) is 5. The lowest BCUT2D eigenvalue weighted by atomic mass is 10.1. The Balaban J connectivity index is 1.92. The van der Waals surface area contributed by atoms with Gasteiger partial charge in [-0.25, -0.2) is 4.79 Å². The smallest absolute Gasteiger partial charge is 0.338 e. The summed E-state index contributed by atoms with van der Waals surface area (Å²) in [5.41, 5.74) is 0.124. The van der Waals surface area contributed by atoms with Crippen LogP contribution in [-0.4, -0.2) is 12.6 Å². The number of benzene rings is 1. The van der Waals surface area contributed by atoms with E-state index in [-0.39, 0.29) is 23.5 Å². The Hall–Kier alpha value is -2.08. The van der Waals surface area contributed by atoms with E-state index in [1.807, 2.05) is 6.07 Å². The van der Waals surface area contributed by atoms with E-state index in [9.17, 15) is 9.59 Å². The van der Waals surface area contributed by atoms with Gasteiger partial charge in [-0.15, -0.1) is 0 Å². The molecule has 6 heteroatoms. The third-order valence-electron chi connectivity index (χ3n) is 3.21. The highest BCUT2D eigenvalue weighted by molar-refractivity contribution is 9.10. The molecule has 0 atom stereocenters. The van der Waals surface area contributed by atoms with Gasteiger partial charge in [0.1, 0.15) is 18.6 Å². The molecule has 0 bridgehead atoms. The van der Waals surface area contributed by atoms with Crippen molar-refractivity contribution in [2.75, 3.05) is 6.61 Å². The molecule has 2 aromatic rings. The summed E-state index contributed by atoms with van der Waals surface area (Å²) in [5, 5.41) is 0. The highest BCUT2D eigenvalue weighted by Gasteiger charge is 2.10. The van der Waals surface area contributed by atoms with Crippen LogP contribution in [0.2, 0.25) is 0 Å². The van der Waals surface area contributed by atoms with E-state index in [0.29, 0.717) is 18.1 Å². The molecule has 0 radical (unpaired) electrons. The van der Waals surface area contributed by atoms with Gasteiger partial charge >= 0.3 is 5.97 Å². The standard InChI is InChI=1S/C18H19BrO5/c1-12(2)6-7-22-17-11-23-15(9-16(17)20)10-24-18(21)13-4-3-5-14(19)8-13/h3-5,8-9,11-12H,6-7,10H2,1-2H3. The van der Waals surface area contributed by atoms with Crippen LogP contribution in [0.5, 0.6) is 5.75 Å². The molecule has 0 saturated carbocycles. The largest absolute Gasteiger partial charge is 0.487 e. The van der Waals surface area contributed by atoms with Crippen LogP contribution in [0.25, 0.3) is 0 Å². The Morgan fingerprint density at radius 2 is 2.08 bits per heavy atom. The first kappa shape index (κ1) is 18.3. The van der Waals surface area contributed by atoms with Crippen molar-refractivity contribution in [3.63, 3.8) is 0 Å². The van der Waals surface area contributed by atoms with E-state index in [1.165, 1.54) is 12.3 Å². The molecule has 1 heterocycles. The first-order valence-corrected chi connectivity index (χ1v) is 8.42. The second-order valence-electron chi connectivity index (χ2n) is 5.69. The Bertz CT molecular complexity index is 751. The lowest BCUT2D eigenvalue weighted by Gasteiger charge is -2.08. The average Bonchev–Trinajstić information content (AvgIpc) is 2.54. The minimum atomic E-state index is -0.490. The quantitative estimate of drug-likeness (QED) is 0.658. The number of carbonyl (C=O) groups excluding carboxylic acids is 1. The maximum atomic E-state index is 11.9. The van der Waals surface area contributed by atoms with Gasteiger partial charge < -0.3 is 13.9 Å². The van der Waals surface area contributed by atoms with Gasteiger partial charge in [-0.3, -0.25) is 4.79 Å². The van der Waals surface area contributed by atoms with Crippen molar-refractivity contribution in [3.05, 3.63) is 62.6 Å². The van der Waals surface area contributed by atoms with Crippen LogP contribution < -0.4 is 10.2 Å². The predicted molar refractivity (Wildman–Crippen MR) is 93.2 cm³/mol. The minimum Gasteiger partial charge on any atom is -0.487 e. The van der Waals surface area contributed by atoms with Gasteiger partial charge in [0, 0.05) is 10.5 Å². The summed E-state index contributed by atoms with van der Waals surface area (Å²) in [5.74, 6) is 0.433. The van der Waals surface area contributed by atoms with Gasteiger partial charge in [0.25, 0.3) is 0 Å². The van der Waals surface area contributed by atoms with Crippen LogP contribution in [0.3, 0.4) is 0 Å². The van der Waals surface area contributed by atoms with Gasteiger partial charge in [0.2, 0.25) is 11.2 Å². The molecular formula is C18H19BrO5. The van der Waals surface area contributed by atoms with Crippen LogP contribution in [-0.2, 0) is 11.3 Å². The molecule has 0 aliphatic carbocycles. The molecule has 1 aromatic heterocycles. The van der Waals surface area contributed by atoms with Gasteiger partial charge in [-0.05, 0) is 30.5 Å². The monoisotopic (exact) mass is 394 g/mol. The Morgan fingerprint density at radius 3 is 2.75 bits per heavy atom. The average molecular weight is 395 g/mol. The summed E-state index contributed by atoms with van der Waals surface area (Å²) < 4.78 is 16.6. The van der Waals surface area contributed by atoms with Crippen LogP contribution in [0, 0.1) is 5.92 Å². The first-order valence-electron chi connectivity index (χ1n) is 7.63. The van der Waals surface area contributed by atoms with E-state index in [4.69, 9.17) is 13.9 Å². The van der Waals surface area contributed by atoms with E-state index >= 15 is 0 Å². The van der Waals surface area contributed by atoms with Crippen molar-refractivity contribution in [1.29, 1.82) is 0 Å². The zero-order valence-electron chi connectivity index (χ0n) is 13.6. The fraction of sp³-hybridized carbons (Fsp3) is 0.333. The second-order valence-corrected chi connectivity index (χ2v) is 6.61. The molecule has 0 amide bonds. The number of carbonyl (C=O) groups is 1. The molecule has 0 unspecified atom stereocenters. The summed E-state index contributed by atoms with van der Waals surface area (Å²) >= 11 is 3.29. The highest BCUT2D eigenvalue weighted by atomic mass is 79.9. The Morgan fingerprint density at radius 1 is 1.29 bits per heavy atom. The van der Waals surface area contributed by atoms with Gasteiger partial charge in [-0.1, -0.05) is 35.8 Å². The molecule has 128 valence electrons. The van der Waals surface area contributed by atoms with Gasteiger partial charge in [0.15, 0.2) is 0 Å². The third kappa shape index (κ3) is 5.53. The minimum absolute atomic E-state index is 0.118. The maximum absolute atomic E-state index is 11.9. The molecule has 0 fully saturated rings. The Kier molecular flexibility index (Phi) is 6.61. The third-order valence-corrected chi connectivity index (χ3v) is 3.70. The normalized spacial score (nSPS) is 10.7. The lowest BCUT2D eigenvalue weighted by molar-refractivity contribution is 0.0442. The maximum Gasteiger partial charge on any atom is 0.338 e. The van der Waals surface area contributed by atoms with Crippen molar-refractivity contribution in [2.45, 2.75) is 26.9 Å². The summed E-state index contributed by atoms with van der Waals surface area (Å²) in [4.78, 5) is 23.9.